The number of rotatable bonds is 4. The third-order valence-electron chi connectivity index (χ3n) is 3.60. The van der Waals surface area contributed by atoms with Crippen LogP contribution in [0.2, 0.25) is 10.0 Å². The number of nitrogens with one attached hydrogen (secondary N) is 1. The molecule has 0 aliphatic carbocycles. The summed E-state index contributed by atoms with van der Waals surface area (Å²) in [7, 11) is 0. The van der Waals surface area contributed by atoms with Crippen molar-refractivity contribution in [3.05, 3.63) is 33.6 Å². The fourth-order valence-corrected chi connectivity index (χ4v) is 4.34. The second-order valence-corrected chi connectivity index (χ2v) is 7.73. The van der Waals surface area contributed by atoms with Crippen molar-refractivity contribution >= 4 is 35.0 Å². The summed E-state index contributed by atoms with van der Waals surface area (Å²) in [4.78, 5) is 0. The minimum Gasteiger partial charge on any atom is -0.309 e. The SMILES string of the molecule is CC(NCC1(C)CCCS1)c1c(Cl)ccc(F)c1Cl. The van der Waals surface area contributed by atoms with Gasteiger partial charge in [0.15, 0.2) is 0 Å². The summed E-state index contributed by atoms with van der Waals surface area (Å²) in [6.07, 6.45) is 2.47. The van der Waals surface area contributed by atoms with Gasteiger partial charge in [-0.3, -0.25) is 0 Å². The Morgan fingerprint density at radius 3 is 2.84 bits per heavy atom. The molecule has 1 aromatic carbocycles. The predicted molar refractivity (Wildman–Crippen MR) is 82.9 cm³/mol. The average Bonchev–Trinajstić information content (AvgIpc) is 2.80. The molecule has 0 bridgehead atoms. The maximum absolute atomic E-state index is 13.5. The number of benzene rings is 1. The Hall–Kier alpha value is 0.0400. The van der Waals surface area contributed by atoms with E-state index in [0.717, 1.165) is 6.54 Å². The highest BCUT2D eigenvalue weighted by Crippen LogP contribution is 2.38. The first-order chi connectivity index (χ1) is 8.93. The molecule has 19 heavy (non-hydrogen) atoms. The van der Waals surface area contributed by atoms with Crippen molar-refractivity contribution < 1.29 is 4.39 Å². The zero-order chi connectivity index (χ0) is 14.0. The topological polar surface area (TPSA) is 12.0 Å². The third kappa shape index (κ3) is 3.57. The van der Waals surface area contributed by atoms with E-state index in [1.807, 2.05) is 18.7 Å². The highest BCUT2D eigenvalue weighted by atomic mass is 35.5. The van der Waals surface area contributed by atoms with E-state index in [2.05, 4.69) is 12.2 Å². The summed E-state index contributed by atoms with van der Waals surface area (Å²) < 4.78 is 13.8. The number of hydrogen-bond donors (Lipinski definition) is 1. The highest BCUT2D eigenvalue weighted by Gasteiger charge is 2.30. The van der Waals surface area contributed by atoms with Gasteiger partial charge in [-0.15, -0.1) is 0 Å². The normalized spacial score (nSPS) is 24.7. The molecule has 2 rings (SSSR count). The summed E-state index contributed by atoms with van der Waals surface area (Å²) >= 11 is 14.1. The number of thioether (sulfide) groups is 1. The molecular formula is C14H18Cl2FNS. The number of halogens is 3. The molecule has 2 atom stereocenters. The molecule has 0 amide bonds. The first-order valence-electron chi connectivity index (χ1n) is 6.44. The van der Waals surface area contributed by atoms with Crippen molar-refractivity contribution in [3.8, 4) is 0 Å². The molecule has 5 heteroatoms. The summed E-state index contributed by atoms with van der Waals surface area (Å²) in [5.41, 5.74) is 0.648. The van der Waals surface area contributed by atoms with Crippen LogP contribution in [-0.4, -0.2) is 17.0 Å². The summed E-state index contributed by atoms with van der Waals surface area (Å²) in [6.45, 7) is 5.11. The molecule has 0 radical (unpaired) electrons. The van der Waals surface area contributed by atoms with Crippen LogP contribution in [0.4, 0.5) is 4.39 Å². The van der Waals surface area contributed by atoms with Gasteiger partial charge in [-0.05, 0) is 44.6 Å². The van der Waals surface area contributed by atoms with Gasteiger partial charge in [-0.25, -0.2) is 4.39 Å². The van der Waals surface area contributed by atoms with E-state index in [4.69, 9.17) is 23.2 Å². The van der Waals surface area contributed by atoms with Gasteiger partial charge in [0.05, 0.1) is 5.02 Å². The van der Waals surface area contributed by atoms with Crippen molar-refractivity contribution in [2.24, 2.45) is 0 Å². The van der Waals surface area contributed by atoms with Gasteiger partial charge in [-0.2, -0.15) is 11.8 Å². The maximum Gasteiger partial charge on any atom is 0.142 e. The van der Waals surface area contributed by atoms with Crippen molar-refractivity contribution in [2.45, 2.75) is 37.5 Å². The van der Waals surface area contributed by atoms with Gasteiger partial charge in [0, 0.05) is 27.9 Å². The average molecular weight is 322 g/mol. The minimum atomic E-state index is -0.420. The summed E-state index contributed by atoms with van der Waals surface area (Å²) in [5, 5.41) is 4.07. The molecule has 2 unspecified atom stereocenters. The fraction of sp³-hybridized carbons (Fsp3) is 0.571. The molecule has 1 aliphatic heterocycles. The molecule has 0 aromatic heterocycles. The minimum absolute atomic E-state index is 0.0614. The van der Waals surface area contributed by atoms with Crippen LogP contribution in [0, 0.1) is 5.82 Å². The zero-order valence-electron chi connectivity index (χ0n) is 11.1. The molecule has 1 aromatic rings. The first-order valence-corrected chi connectivity index (χ1v) is 8.18. The van der Waals surface area contributed by atoms with Crippen LogP contribution in [-0.2, 0) is 0 Å². The molecule has 0 saturated carbocycles. The standard InChI is InChI=1S/C14H18Cl2FNS/c1-9(18-8-14(2)6-3-7-19-14)12-10(15)4-5-11(17)13(12)16/h4-5,9,18H,3,6-8H2,1-2H3. The van der Waals surface area contributed by atoms with Crippen LogP contribution in [0.5, 0.6) is 0 Å². The smallest absolute Gasteiger partial charge is 0.142 e. The van der Waals surface area contributed by atoms with E-state index in [-0.39, 0.29) is 15.8 Å². The Kier molecular flexibility index (Phi) is 5.04. The molecule has 1 nitrogen and oxygen atoms in total. The Labute approximate surface area is 128 Å². The molecule has 1 saturated heterocycles. The van der Waals surface area contributed by atoms with Crippen LogP contribution in [0.1, 0.15) is 38.3 Å². The molecular weight excluding hydrogens is 304 g/mol. The Balaban J connectivity index is 2.08. The van der Waals surface area contributed by atoms with Gasteiger partial charge < -0.3 is 5.32 Å². The van der Waals surface area contributed by atoms with E-state index < -0.39 is 5.82 Å². The highest BCUT2D eigenvalue weighted by molar-refractivity contribution is 8.00. The van der Waals surface area contributed by atoms with Crippen molar-refractivity contribution in [2.75, 3.05) is 12.3 Å². The van der Waals surface area contributed by atoms with Gasteiger partial charge in [0.25, 0.3) is 0 Å². The molecule has 1 N–H and O–H groups in total. The Morgan fingerprint density at radius 1 is 1.47 bits per heavy atom. The van der Waals surface area contributed by atoms with Gasteiger partial charge in [0.1, 0.15) is 5.82 Å². The monoisotopic (exact) mass is 321 g/mol. The van der Waals surface area contributed by atoms with Crippen molar-refractivity contribution in [1.29, 1.82) is 0 Å². The lowest BCUT2D eigenvalue weighted by Crippen LogP contribution is -2.34. The fourth-order valence-electron chi connectivity index (χ4n) is 2.39. The Morgan fingerprint density at radius 2 is 2.21 bits per heavy atom. The van der Waals surface area contributed by atoms with Gasteiger partial charge in [-0.1, -0.05) is 23.2 Å². The van der Waals surface area contributed by atoms with E-state index in [9.17, 15) is 4.39 Å². The second-order valence-electron chi connectivity index (χ2n) is 5.26. The van der Waals surface area contributed by atoms with Gasteiger partial charge in [0.2, 0.25) is 0 Å². The van der Waals surface area contributed by atoms with Crippen molar-refractivity contribution in [1.82, 2.24) is 5.32 Å². The van der Waals surface area contributed by atoms with Crippen LogP contribution in [0.25, 0.3) is 0 Å². The molecule has 1 heterocycles. The second kappa shape index (κ2) is 6.21. The molecule has 0 spiro atoms. The lowest BCUT2D eigenvalue weighted by atomic mass is 10.0. The summed E-state index contributed by atoms with van der Waals surface area (Å²) in [6, 6.07) is 2.80. The van der Waals surface area contributed by atoms with E-state index in [1.165, 1.54) is 24.7 Å². The van der Waals surface area contributed by atoms with E-state index in [1.54, 1.807) is 6.07 Å². The lowest BCUT2D eigenvalue weighted by Gasteiger charge is -2.26. The third-order valence-corrected chi connectivity index (χ3v) is 5.85. The van der Waals surface area contributed by atoms with Crippen molar-refractivity contribution in [3.63, 3.8) is 0 Å². The quantitative estimate of drug-likeness (QED) is 0.777. The van der Waals surface area contributed by atoms with Gasteiger partial charge >= 0.3 is 0 Å². The van der Waals surface area contributed by atoms with Crippen LogP contribution in [0.3, 0.4) is 0 Å². The molecule has 1 fully saturated rings. The molecule has 1 aliphatic rings. The van der Waals surface area contributed by atoms with Crippen LogP contribution >= 0.6 is 35.0 Å². The predicted octanol–water partition coefficient (Wildman–Crippen LogP) is 5.07. The van der Waals surface area contributed by atoms with Crippen LogP contribution < -0.4 is 5.32 Å². The largest absolute Gasteiger partial charge is 0.309 e. The number of hydrogen-bond acceptors (Lipinski definition) is 2. The zero-order valence-corrected chi connectivity index (χ0v) is 13.4. The first kappa shape index (κ1) is 15.4. The van der Waals surface area contributed by atoms with Crippen LogP contribution in [0.15, 0.2) is 12.1 Å². The summed E-state index contributed by atoms with van der Waals surface area (Å²) in [5.74, 6) is 0.796. The Bertz CT molecular complexity index is 461. The lowest BCUT2D eigenvalue weighted by molar-refractivity contribution is 0.489. The maximum atomic E-state index is 13.5. The van der Waals surface area contributed by atoms with E-state index >= 15 is 0 Å². The molecule has 106 valence electrons. The van der Waals surface area contributed by atoms with E-state index in [0.29, 0.717) is 10.6 Å².